The Kier molecular flexibility index (Phi) is 6.70. The van der Waals surface area contributed by atoms with Gasteiger partial charge in [-0.3, -0.25) is 14.6 Å². The predicted molar refractivity (Wildman–Crippen MR) is 143 cm³/mol. The Morgan fingerprint density at radius 2 is 1.76 bits per heavy atom. The monoisotopic (exact) mass is 511 g/mol. The Bertz CT molecular complexity index is 1640. The lowest BCUT2D eigenvalue weighted by molar-refractivity contribution is -0.114. The van der Waals surface area contributed by atoms with Crippen LogP contribution >= 0.6 is 11.6 Å². The SMILES string of the molecule is CCOC(=O)N(C(=O)C(=O)c1cn(Cc2ccc(Cl)cc2)c2ccccc12)c1ccc2ncccc2c1. The van der Waals surface area contributed by atoms with Gasteiger partial charge in [-0.15, -0.1) is 0 Å². The van der Waals surface area contributed by atoms with Crippen LogP contribution in [0.15, 0.2) is 91.3 Å². The molecule has 0 spiro atoms. The number of rotatable bonds is 6. The molecule has 0 atom stereocenters. The Morgan fingerprint density at radius 1 is 0.973 bits per heavy atom. The Hall–Kier alpha value is -4.49. The van der Waals surface area contributed by atoms with E-state index in [1.165, 1.54) is 0 Å². The highest BCUT2D eigenvalue weighted by Crippen LogP contribution is 2.27. The van der Waals surface area contributed by atoms with Crippen LogP contribution in [-0.4, -0.2) is 33.9 Å². The molecule has 0 bridgehead atoms. The molecule has 5 aromatic rings. The highest BCUT2D eigenvalue weighted by Gasteiger charge is 2.33. The molecule has 184 valence electrons. The first-order valence-corrected chi connectivity index (χ1v) is 12.1. The summed E-state index contributed by atoms with van der Waals surface area (Å²) < 4.78 is 7.04. The molecule has 37 heavy (non-hydrogen) atoms. The quantitative estimate of drug-likeness (QED) is 0.198. The second-order valence-corrected chi connectivity index (χ2v) is 8.80. The van der Waals surface area contributed by atoms with Gasteiger partial charge in [0, 0.05) is 40.3 Å². The summed E-state index contributed by atoms with van der Waals surface area (Å²) in [7, 11) is 0. The zero-order valence-electron chi connectivity index (χ0n) is 19.9. The number of carbonyl (C=O) groups excluding carboxylic acids is 3. The van der Waals surface area contributed by atoms with E-state index < -0.39 is 17.8 Å². The van der Waals surface area contributed by atoms with Gasteiger partial charge in [-0.25, -0.2) is 9.69 Å². The van der Waals surface area contributed by atoms with Crippen LogP contribution in [0.25, 0.3) is 21.8 Å². The van der Waals surface area contributed by atoms with Crippen LogP contribution in [0.5, 0.6) is 0 Å². The number of hydrogen-bond acceptors (Lipinski definition) is 5. The smallest absolute Gasteiger partial charge is 0.421 e. The number of benzene rings is 3. The lowest BCUT2D eigenvalue weighted by Crippen LogP contribution is -2.41. The number of halogens is 1. The summed E-state index contributed by atoms with van der Waals surface area (Å²) in [5.41, 5.74) is 2.88. The number of aromatic nitrogens is 2. The molecule has 2 amide bonds. The third-order valence-electron chi connectivity index (χ3n) is 5.99. The van der Waals surface area contributed by atoms with Gasteiger partial charge in [0.15, 0.2) is 0 Å². The minimum Gasteiger partial charge on any atom is -0.449 e. The lowest BCUT2D eigenvalue weighted by Gasteiger charge is -2.19. The van der Waals surface area contributed by atoms with E-state index in [0.717, 1.165) is 16.0 Å². The summed E-state index contributed by atoms with van der Waals surface area (Å²) in [6, 6.07) is 23.2. The van der Waals surface area contributed by atoms with Crippen LogP contribution in [0.2, 0.25) is 5.02 Å². The first-order chi connectivity index (χ1) is 18.0. The predicted octanol–water partition coefficient (Wildman–Crippen LogP) is 6.26. The average molecular weight is 512 g/mol. The van der Waals surface area contributed by atoms with Crippen LogP contribution in [0.3, 0.4) is 0 Å². The van der Waals surface area contributed by atoms with E-state index in [1.54, 1.807) is 67.8 Å². The van der Waals surface area contributed by atoms with Gasteiger partial charge in [0.1, 0.15) is 0 Å². The molecule has 5 rings (SSSR count). The number of Topliss-reactive ketones (excluding diaryl/α,β-unsaturated/α-hetero) is 1. The summed E-state index contributed by atoms with van der Waals surface area (Å²) in [5, 5.41) is 1.96. The van der Waals surface area contributed by atoms with Crippen LogP contribution in [0.1, 0.15) is 22.8 Å². The summed E-state index contributed by atoms with van der Waals surface area (Å²) in [4.78, 5) is 45.1. The number of nitrogens with zero attached hydrogens (tertiary/aromatic N) is 3. The Morgan fingerprint density at radius 3 is 2.54 bits per heavy atom. The number of carbonyl (C=O) groups is 3. The number of anilines is 1. The van der Waals surface area contributed by atoms with E-state index >= 15 is 0 Å². The molecule has 7 nitrogen and oxygen atoms in total. The van der Waals surface area contributed by atoms with Crippen molar-refractivity contribution in [3.63, 3.8) is 0 Å². The highest BCUT2D eigenvalue weighted by molar-refractivity contribution is 6.52. The van der Waals surface area contributed by atoms with Crippen molar-refractivity contribution in [3.8, 4) is 0 Å². The maximum absolute atomic E-state index is 13.6. The van der Waals surface area contributed by atoms with E-state index in [0.29, 0.717) is 27.9 Å². The molecule has 0 saturated heterocycles. The number of fused-ring (bicyclic) bond motifs is 2. The summed E-state index contributed by atoms with van der Waals surface area (Å²) in [6.07, 6.45) is 2.38. The first-order valence-electron chi connectivity index (χ1n) is 11.7. The molecule has 3 aromatic carbocycles. The van der Waals surface area contributed by atoms with Crippen molar-refractivity contribution in [1.82, 2.24) is 9.55 Å². The zero-order valence-corrected chi connectivity index (χ0v) is 20.7. The minimum absolute atomic E-state index is 0.0480. The molecular weight excluding hydrogens is 490 g/mol. The standard InChI is InChI=1S/C29H22ClN3O4/c1-2-37-29(36)33(22-13-14-25-20(16-22)6-5-15-31-25)28(35)27(34)24-18-32(26-8-4-3-7-23(24)26)17-19-9-11-21(30)12-10-19/h3-16,18H,2,17H2,1H3. The second kappa shape index (κ2) is 10.2. The molecule has 0 aliphatic heterocycles. The van der Waals surface area contributed by atoms with Crippen LogP contribution in [0.4, 0.5) is 10.5 Å². The number of ketones is 1. The molecule has 0 radical (unpaired) electrons. The molecule has 0 aliphatic rings. The molecule has 0 N–H and O–H groups in total. The average Bonchev–Trinajstić information content (AvgIpc) is 3.28. The number of amides is 2. The molecule has 0 fully saturated rings. The van der Waals surface area contributed by atoms with Crippen LogP contribution in [0, 0.1) is 0 Å². The van der Waals surface area contributed by atoms with Gasteiger partial charge in [-0.05, 0) is 55.0 Å². The zero-order chi connectivity index (χ0) is 25.9. The van der Waals surface area contributed by atoms with E-state index in [2.05, 4.69) is 4.98 Å². The number of hydrogen-bond donors (Lipinski definition) is 0. The van der Waals surface area contributed by atoms with Crippen molar-refractivity contribution in [2.45, 2.75) is 13.5 Å². The van der Waals surface area contributed by atoms with Gasteiger partial charge in [0.2, 0.25) is 0 Å². The summed E-state index contributed by atoms with van der Waals surface area (Å²) in [6.45, 7) is 2.15. The Balaban J connectivity index is 1.54. The molecule has 2 heterocycles. The summed E-state index contributed by atoms with van der Waals surface area (Å²) in [5.74, 6) is -1.82. The van der Waals surface area contributed by atoms with Gasteiger partial charge in [-0.1, -0.05) is 48.0 Å². The Labute approximate surface area is 217 Å². The normalized spacial score (nSPS) is 11.0. The first kappa shape index (κ1) is 24.2. The molecule has 8 heteroatoms. The molecular formula is C29H22ClN3O4. The molecule has 0 aliphatic carbocycles. The van der Waals surface area contributed by atoms with E-state index in [1.807, 2.05) is 34.9 Å². The lowest BCUT2D eigenvalue weighted by atomic mass is 10.1. The topological polar surface area (TPSA) is 81.5 Å². The van der Waals surface area contributed by atoms with E-state index in [-0.39, 0.29) is 17.9 Å². The van der Waals surface area contributed by atoms with Crippen molar-refractivity contribution in [2.24, 2.45) is 0 Å². The number of imide groups is 1. The fourth-order valence-electron chi connectivity index (χ4n) is 4.26. The largest absolute Gasteiger partial charge is 0.449 e. The van der Waals surface area contributed by atoms with Gasteiger partial charge >= 0.3 is 12.0 Å². The van der Waals surface area contributed by atoms with Crippen molar-refractivity contribution >= 4 is 56.9 Å². The second-order valence-electron chi connectivity index (χ2n) is 8.36. The van der Waals surface area contributed by atoms with Gasteiger partial charge in [0.25, 0.3) is 5.78 Å². The van der Waals surface area contributed by atoms with E-state index in [9.17, 15) is 14.4 Å². The van der Waals surface area contributed by atoms with Gasteiger partial charge in [-0.2, -0.15) is 0 Å². The van der Waals surface area contributed by atoms with Crippen molar-refractivity contribution in [1.29, 1.82) is 0 Å². The molecule has 2 aromatic heterocycles. The van der Waals surface area contributed by atoms with E-state index in [4.69, 9.17) is 16.3 Å². The maximum atomic E-state index is 13.6. The maximum Gasteiger partial charge on any atom is 0.421 e. The summed E-state index contributed by atoms with van der Waals surface area (Å²) >= 11 is 6.02. The minimum atomic E-state index is -1.00. The fourth-order valence-corrected chi connectivity index (χ4v) is 4.38. The van der Waals surface area contributed by atoms with Crippen molar-refractivity contribution < 1.29 is 19.1 Å². The third-order valence-corrected chi connectivity index (χ3v) is 6.24. The fraction of sp³-hybridized carbons (Fsp3) is 0.103. The number of pyridine rings is 1. The number of ether oxygens (including phenoxy) is 1. The third kappa shape index (κ3) is 4.81. The molecule has 0 unspecified atom stereocenters. The number of para-hydroxylation sites is 1. The van der Waals surface area contributed by atoms with Gasteiger partial charge in [0.05, 0.1) is 23.4 Å². The highest BCUT2D eigenvalue weighted by atomic mass is 35.5. The van der Waals surface area contributed by atoms with Crippen LogP contribution < -0.4 is 4.90 Å². The molecule has 0 saturated carbocycles. The van der Waals surface area contributed by atoms with Crippen molar-refractivity contribution in [3.05, 3.63) is 107 Å². The van der Waals surface area contributed by atoms with Gasteiger partial charge < -0.3 is 9.30 Å². The van der Waals surface area contributed by atoms with Crippen molar-refractivity contribution in [2.75, 3.05) is 11.5 Å². The van der Waals surface area contributed by atoms with Crippen LogP contribution in [-0.2, 0) is 16.1 Å².